The zero-order valence-corrected chi connectivity index (χ0v) is 15.0. The van der Waals surface area contributed by atoms with Gasteiger partial charge >= 0.3 is 6.03 Å². The topological polar surface area (TPSA) is 90.0 Å². The number of amides is 3. The van der Waals surface area contributed by atoms with Gasteiger partial charge in [-0.05, 0) is 13.8 Å². The summed E-state index contributed by atoms with van der Waals surface area (Å²) >= 11 is 0. The lowest BCUT2D eigenvalue weighted by molar-refractivity contribution is -0.131. The van der Waals surface area contributed by atoms with Crippen LogP contribution in [0, 0.1) is 0 Å². The zero-order valence-electron chi connectivity index (χ0n) is 14.2. The summed E-state index contributed by atoms with van der Waals surface area (Å²) in [5, 5.41) is 2.82. The number of nitrogens with zero attached hydrogens (tertiary/aromatic N) is 3. The lowest BCUT2D eigenvalue weighted by atomic mass is 10.1. The van der Waals surface area contributed by atoms with Crippen molar-refractivity contribution in [1.29, 1.82) is 0 Å². The van der Waals surface area contributed by atoms with Crippen LogP contribution in [0.15, 0.2) is 0 Å². The Bertz CT molecular complexity index is 575. The minimum absolute atomic E-state index is 0.00380. The summed E-state index contributed by atoms with van der Waals surface area (Å²) in [6, 6.07) is -0.934. The highest BCUT2D eigenvalue weighted by Gasteiger charge is 2.48. The van der Waals surface area contributed by atoms with Crippen LogP contribution < -0.4 is 5.32 Å². The Kier molecular flexibility index (Phi) is 5.20. The van der Waals surface area contributed by atoms with E-state index in [4.69, 9.17) is 0 Å². The third kappa shape index (κ3) is 4.14. The molecule has 0 aliphatic carbocycles. The van der Waals surface area contributed by atoms with Crippen LogP contribution in [-0.4, -0.2) is 98.4 Å². The van der Waals surface area contributed by atoms with Gasteiger partial charge in [0.25, 0.3) is 0 Å². The molecule has 8 nitrogen and oxygen atoms in total. The first kappa shape index (κ1) is 18.0. The summed E-state index contributed by atoms with van der Waals surface area (Å²) in [7, 11) is 0.155. The van der Waals surface area contributed by atoms with Gasteiger partial charge in [0.05, 0.1) is 24.1 Å². The highest BCUT2D eigenvalue weighted by molar-refractivity contribution is 7.91. The van der Waals surface area contributed by atoms with Crippen LogP contribution in [0.25, 0.3) is 0 Å². The van der Waals surface area contributed by atoms with Gasteiger partial charge in [-0.3, -0.25) is 9.69 Å². The van der Waals surface area contributed by atoms with Crippen LogP contribution in [0.3, 0.4) is 0 Å². The van der Waals surface area contributed by atoms with Gasteiger partial charge < -0.3 is 15.1 Å². The van der Waals surface area contributed by atoms with Gasteiger partial charge in [0, 0.05) is 39.3 Å². The van der Waals surface area contributed by atoms with Crippen molar-refractivity contribution in [3.8, 4) is 0 Å². The molecule has 2 aliphatic heterocycles. The van der Waals surface area contributed by atoms with Gasteiger partial charge in [0.15, 0.2) is 9.84 Å². The molecule has 2 aliphatic rings. The summed E-state index contributed by atoms with van der Waals surface area (Å²) in [6.45, 7) is 4.85. The van der Waals surface area contributed by atoms with Crippen molar-refractivity contribution in [3.05, 3.63) is 0 Å². The molecular formula is C14H26N4O4S. The molecule has 2 fully saturated rings. The Labute approximate surface area is 137 Å². The number of fused-ring (bicyclic) bond motifs is 1. The molecule has 2 rings (SSSR count). The van der Waals surface area contributed by atoms with Crippen LogP contribution >= 0.6 is 0 Å². The quantitative estimate of drug-likeness (QED) is 0.706. The minimum Gasteiger partial charge on any atom is -0.348 e. The van der Waals surface area contributed by atoms with E-state index in [1.165, 1.54) is 4.90 Å². The lowest BCUT2D eigenvalue weighted by Gasteiger charge is -2.43. The van der Waals surface area contributed by atoms with Crippen LogP contribution in [0.5, 0.6) is 0 Å². The SMILES string of the molecule is CC(C)NC(=O)N1CCN(CC(=O)N(C)C)[C@@H]2CS(=O)(=O)C[C@@H]21. The monoisotopic (exact) mass is 346 g/mol. The number of carbonyl (C=O) groups is 2. The molecular weight excluding hydrogens is 320 g/mol. The molecule has 0 radical (unpaired) electrons. The van der Waals surface area contributed by atoms with Gasteiger partial charge in [-0.2, -0.15) is 0 Å². The van der Waals surface area contributed by atoms with Gasteiger partial charge in [0.2, 0.25) is 5.91 Å². The maximum absolute atomic E-state index is 12.3. The van der Waals surface area contributed by atoms with E-state index >= 15 is 0 Å². The smallest absolute Gasteiger partial charge is 0.317 e. The third-order valence-electron chi connectivity index (χ3n) is 4.30. The first-order chi connectivity index (χ1) is 10.6. The van der Waals surface area contributed by atoms with E-state index in [1.807, 2.05) is 18.7 Å². The maximum atomic E-state index is 12.3. The number of carbonyl (C=O) groups excluding carboxylic acids is 2. The van der Waals surface area contributed by atoms with Crippen LogP contribution in [0.2, 0.25) is 0 Å². The fourth-order valence-electron chi connectivity index (χ4n) is 3.12. The first-order valence-electron chi connectivity index (χ1n) is 7.82. The van der Waals surface area contributed by atoms with Gasteiger partial charge in [-0.1, -0.05) is 0 Å². The Morgan fingerprint density at radius 1 is 1.17 bits per heavy atom. The van der Waals surface area contributed by atoms with E-state index in [9.17, 15) is 18.0 Å². The van der Waals surface area contributed by atoms with E-state index < -0.39 is 9.84 Å². The highest BCUT2D eigenvalue weighted by Crippen LogP contribution is 2.27. The van der Waals surface area contributed by atoms with Crippen LogP contribution in [0.4, 0.5) is 4.79 Å². The number of nitrogens with one attached hydrogen (secondary N) is 1. The minimum atomic E-state index is -3.20. The number of sulfone groups is 1. The predicted octanol–water partition coefficient (Wildman–Crippen LogP) is -1.02. The molecule has 2 heterocycles. The molecule has 2 atom stereocenters. The number of rotatable bonds is 3. The van der Waals surface area contributed by atoms with E-state index in [2.05, 4.69) is 5.32 Å². The Morgan fingerprint density at radius 3 is 2.35 bits per heavy atom. The molecule has 0 spiro atoms. The summed E-state index contributed by atoms with van der Waals surface area (Å²) < 4.78 is 24.1. The molecule has 3 amide bonds. The fourth-order valence-corrected chi connectivity index (χ4v) is 5.13. The number of piperazine rings is 1. The normalized spacial score (nSPS) is 26.9. The van der Waals surface area contributed by atoms with Crippen molar-refractivity contribution in [3.63, 3.8) is 0 Å². The molecule has 1 N–H and O–H groups in total. The second-order valence-electron chi connectivity index (χ2n) is 6.77. The van der Waals surface area contributed by atoms with E-state index in [0.717, 1.165) is 0 Å². The van der Waals surface area contributed by atoms with Crippen molar-refractivity contribution < 1.29 is 18.0 Å². The molecule has 0 aromatic carbocycles. The van der Waals surface area contributed by atoms with E-state index in [-0.39, 0.29) is 48.1 Å². The fraction of sp³-hybridized carbons (Fsp3) is 0.857. The van der Waals surface area contributed by atoms with Crippen molar-refractivity contribution in [2.45, 2.75) is 32.0 Å². The van der Waals surface area contributed by atoms with Gasteiger partial charge in [-0.25, -0.2) is 13.2 Å². The molecule has 9 heteroatoms. The molecule has 0 aromatic rings. The summed E-state index contributed by atoms with van der Waals surface area (Å²) in [5.74, 6) is -0.0900. The molecule has 0 unspecified atom stereocenters. The Balaban J connectivity index is 2.16. The van der Waals surface area contributed by atoms with Crippen molar-refractivity contribution in [2.24, 2.45) is 0 Å². The predicted molar refractivity (Wildman–Crippen MR) is 86.9 cm³/mol. The second kappa shape index (κ2) is 6.64. The first-order valence-corrected chi connectivity index (χ1v) is 9.64. The maximum Gasteiger partial charge on any atom is 0.317 e. The summed E-state index contributed by atoms with van der Waals surface area (Å²) in [4.78, 5) is 29.3. The molecule has 0 bridgehead atoms. The lowest BCUT2D eigenvalue weighted by Crippen LogP contribution is -2.63. The number of hydrogen-bond donors (Lipinski definition) is 1. The van der Waals surface area contributed by atoms with Crippen LogP contribution in [0.1, 0.15) is 13.8 Å². The molecule has 0 aromatic heterocycles. The van der Waals surface area contributed by atoms with E-state index in [0.29, 0.717) is 13.1 Å². The highest BCUT2D eigenvalue weighted by atomic mass is 32.2. The average molecular weight is 346 g/mol. The standard InChI is InChI=1S/C14H26N4O4S/c1-10(2)15-14(20)18-6-5-17(7-13(19)16(3)4)11-8-23(21,22)9-12(11)18/h10-12H,5-9H2,1-4H3,(H,15,20)/t11-,12+/m1/s1. The largest absolute Gasteiger partial charge is 0.348 e. The summed E-state index contributed by atoms with van der Waals surface area (Å²) in [5.41, 5.74) is 0. The number of urea groups is 1. The molecule has 132 valence electrons. The Morgan fingerprint density at radius 2 is 1.78 bits per heavy atom. The van der Waals surface area contributed by atoms with Gasteiger partial charge in [0.1, 0.15) is 0 Å². The number of likely N-dealkylation sites (N-methyl/N-ethyl adjacent to an activating group) is 1. The van der Waals surface area contributed by atoms with E-state index in [1.54, 1.807) is 19.0 Å². The van der Waals surface area contributed by atoms with Crippen molar-refractivity contribution in [1.82, 2.24) is 20.0 Å². The van der Waals surface area contributed by atoms with Crippen molar-refractivity contribution >= 4 is 21.8 Å². The zero-order chi connectivity index (χ0) is 17.4. The molecule has 2 saturated heterocycles. The second-order valence-corrected chi connectivity index (χ2v) is 8.92. The van der Waals surface area contributed by atoms with Crippen molar-refractivity contribution in [2.75, 3.05) is 45.2 Å². The van der Waals surface area contributed by atoms with Gasteiger partial charge in [-0.15, -0.1) is 0 Å². The Hall–Kier alpha value is -1.35. The van der Waals surface area contributed by atoms with Crippen LogP contribution in [-0.2, 0) is 14.6 Å². The number of hydrogen-bond acceptors (Lipinski definition) is 5. The molecule has 23 heavy (non-hydrogen) atoms. The third-order valence-corrected chi connectivity index (χ3v) is 6.00. The molecule has 0 saturated carbocycles. The average Bonchev–Trinajstić information content (AvgIpc) is 2.73. The summed E-state index contributed by atoms with van der Waals surface area (Å²) in [6.07, 6.45) is 0.